The van der Waals surface area contributed by atoms with E-state index in [1.807, 2.05) is 0 Å². The Hall–Kier alpha value is -4.20. The molecule has 0 saturated heterocycles. The second-order valence-corrected chi connectivity index (χ2v) is 6.06. The molecule has 1 heterocycles. The van der Waals surface area contributed by atoms with Crippen LogP contribution in [0.2, 0.25) is 0 Å². The van der Waals surface area contributed by atoms with E-state index in [1.54, 1.807) is 54.6 Å². The number of nitrogens with zero attached hydrogens (tertiary/aromatic N) is 1. The molecule has 0 N–H and O–H groups in total. The van der Waals surface area contributed by atoms with E-state index in [2.05, 4.69) is 4.74 Å². The molecule has 0 aliphatic carbocycles. The van der Waals surface area contributed by atoms with E-state index in [1.165, 1.54) is 25.3 Å². The number of benzene rings is 2. The number of hydrogen-bond acceptors (Lipinski definition) is 7. The zero-order valence-corrected chi connectivity index (χ0v) is 15.9. The number of nitro groups is 1. The fourth-order valence-corrected chi connectivity index (χ4v) is 2.60. The van der Waals surface area contributed by atoms with Crippen LogP contribution >= 0.6 is 0 Å². The van der Waals surface area contributed by atoms with E-state index >= 15 is 0 Å². The van der Waals surface area contributed by atoms with Crippen LogP contribution in [0.4, 0.5) is 5.69 Å². The van der Waals surface area contributed by atoms with Gasteiger partial charge in [-0.2, -0.15) is 0 Å². The van der Waals surface area contributed by atoms with Gasteiger partial charge in [0.15, 0.2) is 12.4 Å². The molecule has 0 bridgehead atoms. The highest BCUT2D eigenvalue weighted by Crippen LogP contribution is 2.31. The Morgan fingerprint density at radius 3 is 2.50 bits per heavy atom. The third-order valence-corrected chi connectivity index (χ3v) is 4.12. The third kappa shape index (κ3) is 4.99. The highest BCUT2D eigenvalue weighted by molar-refractivity contribution is 6.06. The summed E-state index contributed by atoms with van der Waals surface area (Å²) in [6.07, 6.45) is 2.83. The Bertz CT molecular complexity index is 1100. The number of hydrogen-bond donors (Lipinski definition) is 0. The van der Waals surface area contributed by atoms with Gasteiger partial charge in [0.1, 0.15) is 17.3 Å². The van der Waals surface area contributed by atoms with Crippen molar-refractivity contribution in [3.8, 4) is 17.1 Å². The summed E-state index contributed by atoms with van der Waals surface area (Å²) in [6, 6.07) is 15.8. The van der Waals surface area contributed by atoms with Crippen LogP contribution in [0.3, 0.4) is 0 Å². The number of methoxy groups -OCH3 is 1. The summed E-state index contributed by atoms with van der Waals surface area (Å²) in [5.41, 5.74) is 0.714. The lowest BCUT2D eigenvalue weighted by atomic mass is 10.1. The van der Waals surface area contributed by atoms with E-state index in [9.17, 15) is 19.7 Å². The number of ether oxygens (including phenoxy) is 2. The molecular formula is C22H17NO7. The van der Waals surface area contributed by atoms with Crippen molar-refractivity contribution in [3.05, 3.63) is 88.2 Å². The van der Waals surface area contributed by atoms with Crippen molar-refractivity contribution in [1.29, 1.82) is 0 Å². The highest BCUT2D eigenvalue weighted by atomic mass is 16.6. The van der Waals surface area contributed by atoms with Gasteiger partial charge in [-0.05, 0) is 54.6 Å². The SMILES string of the molecule is COC(=O)COc1ccc(C(=O)/C=C/c2ccc(-c3ccccc3[N+](=O)[O-])o2)cc1. The van der Waals surface area contributed by atoms with Gasteiger partial charge < -0.3 is 13.9 Å². The number of para-hydroxylation sites is 1. The molecule has 3 rings (SSSR count). The minimum Gasteiger partial charge on any atom is -0.482 e. The number of rotatable bonds is 8. The van der Waals surface area contributed by atoms with E-state index in [0.29, 0.717) is 28.4 Å². The lowest BCUT2D eigenvalue weighted by Crippen LogP contribution is -2.12. The fraction of sp³-hybridized carbons (Fsp3) is 0.0909. The number of nitro benzene ring substituents is 1. The zero-order chi connectivity index (χ0) is 21.5. The molecule has 2 aromatic carbocycles. The van der Waals surface area contributed by atoms with Crippen LogP contribution in [-0.4, -0.2) is 30.4 Å². The Labute approximate surface area is 171 Å². The second-order valence-electron chi connectivity index (χ2n) is 6.06. The predicted molar refractivity (Wildman–Crippen MR) is 108 cm³/mol. The van der Waals surface area contributed by atoms with Gasteiger partial charge in [0.25, 0.3) is 5.69 Å². The molecule has 0 spiro atoms. The van der Waals surface area contributed by atoms with Gasteiger partial charge in [-0.3, -0.25) is 14.9 Å². The van der Waals surface area contributed by atoms with Gasteiger partial charge in [-0.15, -0.1) is 0 Å². The van der Waals surface area contributed by atoms with Crippen molar-refractivity contribution in [2.45, 2.75) is 0 Å². The van der Waals surface area contributed by atoms with E-state index in [0.717, 1.165) is 0 Å². The molecule has 0 unspecified atom stereocenters. The topological polar surface area (TPSA) is 109 Å². The normalized spacial score (nSPS) is 10.7. The smallest absolute Gasteiger partial charge is 0.343 e. The molecule has 8 heteroatoms. The van der Waals surface area contributed by atoms with Crippen LogP contribution in [0.25, 0.3) is 17.4 Å². The molecule has 0 amide bonds. The van der Waals surface area contributed by atoms with Crippen LogP contribution in [0, 0.1) is 10.1 Å². The van der Waals surface area contributed by atoms with Crippen LogP contribution in [0.15, 0.2) is 71.2 Å². The molecule has 0 saturated carbocycles. The first-order valence-electron chi connectivity index (χ1n) is 8.83. The summed E-state index contributed by atoms with van der Waals surface area (Å²) in [5, 5.41) is 11.2. The Morgan fingerprint density at radius 1 is 1.07 bits per heavy atom. The van der Waals surface area contributed by atoms with Crippen LogP contribution in [-0.2, 0) is 9.53 Å². The molecule has 0 radical (unpaired) electrons. The van der Waals surface area contributed by atoms with Gasteiger partial charge in [0, 0.05) is 11.6 Å². The summed E-state index contributed by atoms with van der Waals surface area (Å²) in [6.45, 7) is -0.218. The van der Waals surface area contributed by atoms with Crippen molar-refractivity contribution in [2.75, 3.05) is 13.7 Å². The first-order chi connectivity index (χ1) is 14.5. The Balaban J connectivity index is 1.67. The number of esters is 1. The Morgan fingerprint density at radius 2 is 1.80 bits per heavy atom. The first-order valence-corrected chi connectivity index (χ1v) is 8.83. The molecule has 0 aliphatic heterocycles. The molecule has 0 fully saturated rings. The van der Waals surface area contributed by atoms with Crippen molar-refractivity contribution in [1.82, 2.24) is 0 Å². The number of furan rings is 1. The lowest BCUT2D eigenvalue weighted by Gasteiger charge is -2.04. The van der Waals surface area contributed by atoms with E-state index in [4.69, 9.17) is 9.15 Å². The maximum Gasteiger partial charge on any atom is 0.343 e. The van der Waals surface area contributed by atoms with Crippen molar-refractivity contribution < 1.29 is 28.4 Å². The standard InChI is InChI=1S/C22H17NO7/c1-28-22(25)14-29-16-8-6-15(7-9-16)20(24)12-10-17-11-13-21(30-17)18-4-2-3-5-19(18)23(26)27/h2-13H,14H2,1H3/b12-10+. The molecule has 1 aromatic heterocycles. The van der Waals surface area contributed by atoms with Crippen molar-refractivity contribution in [3.63, 3.8) is 0 Å². The molecule has 3 aromatic rings. The van der Waals surface area contributed by atoms with Gasteiger partial charge >= 0.3 is 5.97 Å². The fourth-order valence-electron chi connectivity index (χ4n) is 2.60. The molecule has 0 atom stereocenters. The predicted octanol–water partition coefficient (Wildman–Crippen LogP) is 4.30. The summed E-state index contributed by atoms with van der Waals surface area (Å²) >= 11 is 0. The van der Waals surface area contributed by atoms with E-state index in [-0.39, 0.29) is 18.1 Å². The van der Waals surface area contributed by atoms with Gasteiger partial charge in [0.2, 0.25) is 0 Å². The first kappa shape index (κ1) is 20.5. The molecule has 8 nitrogen and oxygen atoms in total. The largest absolute Gasteiger partial charge is 0.482 e. The highest BCUT2D eigenvalue weighted by Gasteiger charge is 2.16. The average molecular weight is 407 g/mol. The van der Waals surface area contributed by atoms with Crippen LogP contribution in [0.5, 0.6) is 5.75 Å². The average Bonchev–Trinajstić information content (AvgIpc) is 3.25. The number of allylic oxidation sites excluding steroid dienone is 1. The summed E-state index contributed by atoms with van der Waals surface area (Å²) in [7, 11) is 1.27. The Kier molecular flexibility index (Phi) is 6.39. The number of ketones is 1. The maximum absolute atomic E-state index is 12.3. The quantitative estimate of drug-likeness (QED) is 0.180. The summed E-state index contributed by atoms with van der Waals surface area (Å²) < 4.78 is 15.3. The number of carbonyl (C=O) groups is 2. The minimum absolute atomic E-state index is 0.0621. The van der Waals surface area contributed by atoms with Gasteiger partial charge in [-0.1, -0.05) is 12.1 Å². The zero-order valence-electron chi connectivity index (χ0n) is 15.9. The van der Waals surface area contributed by atoms with E-state index < -0.39 is 10.9 Å². The number of carbonyl (C=O) groups excluding carboxylic acids is 2. The van der Waals surface area contributed by atoms with Crippen molar-refractivity contribution >= 4 is 23.5 Å². The van der Waals surface area contributed by atoms with Gasteiger partial charge in [-0.25, -0.2) is 4.79 Å². The lowest BCUT2D eigenvalue weighted by molar-refractivity contribution is -0.384. The van der Waals surface area contributed by atoms with Crippen LogP contribution in [0.1, 0.15) is 16.1 Å². The molecular weight excluding hydrogens is 390 g/mol. The third-order valence-electron chi connectivity index (χ3n) is 4.12. The molecule has 0 aliphatic rings. The second kappa shape index (κ2) is 9.33. The maximum atomic E-state index is 12.3. The minimum atomic E-state index is -0.503. The monoisotopic (exact) mass is 407 g/mol. The molecule has 30 heavy (non-hydrogen) atoms. The molecule has 152 valence electrons. The van der Waals surface area contributed by atoms with Crippen molar-refractivity contribution in [2.24, 2.45) is 0 Å². The van der Waals surface area contributed by atoms with Crippen LogP contribution < -0.4 is 4.74 Å². The summed E-state index contributed by atoms with van der Waals surface area (Å²) in [4.78, 5) is 34.1. The van der Waals surface area contributed by atoms with Gasteiger partial charge in [0.05, 0.1) is 17.6 Å². The summed E-state index contributed by atoms with van der Waals surface area (Å²) in [5.74, 6) is 0.381.